The van der Waals surface area contributed by atoms with Crippen molar-refractivity contribution in [2.24, 2.45) is 0 Å². The molecular formula is C49H55BrFN11O7S. The van der Waals surface area contributed by atoms with Crippen molar-refractivity contribution in [1.29, 1.82) is 0 Å². The van der Waals surface area contributed by atoms with E-state index in [-0.39, 0.29) is 24.2 Å². The topological polar surface area (TPSA) is 202 Å². The highest BCUT2D eigenvalue weighted by atomic mass is 79.9. The number of piperazine rings is 1. The predicted octanol–water partition coefficient (Wildman–Crippen LogP) is 5.73. The summed E-state index contributed by atoms with van der Waals surface area (Å²) in [6.45, 7) is 9.56. The number of carbonyl (C=O) groups excluding carboxylic acids is 4. The maximum atomic E-state index is 14.2. The molecule has 70 heavy (non-hydrogen) atoms. The van der Waals surface area contributed by atoms with E-state index in [2.05, 4.69) is 80.3 Å². The molecule has 3 saturated heterocycles. The van der Waals surface area contributed by atoms with Crippen LogP contribution in [0.5, 0.6) is 5.75 Å². The average Bonchev–Trinajstić information content (AvgIpc) is 3.68. The van der Waals surface area contributed by atoms with E-state index in [4.69, 9.17) is 4.74 Å². The molecule has 0 saturated carbocycles. The summed E-state index contributed by atoms with van der Waals surface area (Å²) in [5, 5.41) is 11.4. The molecular weight excluding hydrogens is 986 g/mol. The number of amides is 4. The molecule has 4 amide bonds. The fraction of sp³-hybridized carbons (Fsp3) is 0.388. The predicted molar refractivity (Wildman–Crippen MR) is 270 cm³/mol. The fourth-order valence-corrected chi connectivity index (χ4v) is 10.1. The van der Waals surface area contributed by atoms with E-state index in [0.717, 1.165) is 73.7 Å². The second-order valence-corrected chi connectivity index (χ2v) is 20.4. The molecule has 1 atom stereocenters. The molecule has 0 spiro atoms. The van der Waals surface area contributed by atoms with E-state index in [0.29, 0.717) is 88.6 Å². The van der Waals surface area contributed by atoms with Crippen molar-refractivity contribution in [2.75, 3.05) is 91.4 Å². The number of hydrogen-bond acceptors (Lipinski definition) is 14. The average molecular weight is 1040 g/mol. The minimum atomic E-state index is -3.56. The number of piperidine rings is 2. The number of carbonyl (C=O) groups is 4. The minimum Gasteiger partial charge on any atom is -0.494 e. The Kier molecular flexibility index (Phi) is 15.4. The summed E-state index contributed by atoms with van der Waals surface area (Å²) in [7, 11) is -0.571. The maximum Gasteiger partial charge on any atom is 0.283 e. The number of nitrogens with zero attached hydrogens (tertiary/aromatic N) is 7. The Morgan fingerprint density at radius 3 is 2.47 bits per heavy atom. The number of unbranched alkanes of at least 4 members (excludes halogenated alkanes) is 1. The number of nitrogens with one attached hydrogen (secondary N) is 4. The zero-order valence-corrected chi connectivity index (χ0v) is 41.6. The molecule has 4 aromatic rings. The van der Waals surface area contributed by atoms with E-state index in [1.807, 2.05) is 12.1 Å². The van der Waals surface area contributed by atoms with Crippen LogP contribution in [0, 0.1) is 11.8 Å². The van der Waals surface area contributed by atoms with Gasteiger partial charge in [0.1, 0.15) is 17.6 Å². The molecule has 368 valence electrons. The highest BCUT2D eigenvalue weighted by Gasteiger charge is 2.40. The third-order valence-corrected chi connectivity index (χ3v) is 14.9. The number of fused-ring (bicyclic) bond motifs is 1. The lowest BCUT2D eigenvalue weighted by molar-refractivity contribution is -0.137. The van der Waals surface area contributed by atoms with Gasteiger partial charge in [0.2, 0.25) is 27.8 Å². The molecule has 21 heteroatoms. The van der Waals surface area contributed by atoms with Crippen LogP contribution < -0.4 is 35.2 Å². The minimum absolute atomic E-state index is 0.153. The second kappa shape index (κ2) is 21.6. The first-order valence-corrected chi connectivity index (χ1v) is 25.7. The van der Waals surface area contributed by atoms with Crippen molar-refractivity contribution in [2.45, 2.75) is 57.2 Å². The fourth-order valence-electron chi connectivity index (χ4n) is 9.26. The maximum absolute atomic E-state index is 14.2. The van der Waals surface area contributed by atoms with Crippen LogP contribution in [-0.4, -0.2) is 135 Å². The van der Waals surface area contributed by atoms with Gasteiger partial charge in [0.15, 0.2) is 5.83 Å². The van der Waals surface area contributed by atoms with Gasteiger partial charge < -0.3 is 35.4 Å². The summed E-state index contributed by atoms with van der Waals surface area (Å²) in [6.07, 6.45) is 6.55. The molecule has 4 aliphatic rings. The summed E-state index contributed by atoms with van der Waals surface area (Å²) in [5.74, 6) is 4.44. The van der Waals surface area contributed by atoms with Crippen LogP contribution in [-0.2, 0) is 31.0 Å². The molecule has 18 nitrogen and oxygen atoms in total. The Labute approximate surface area is 415 Å². The van der Waals surface area contributed by atoms with Gasteiger partial charge >= 0.3 is 0 Å². The van der Waals surface area contributed by atoms with Crippen LogP contribution in [0.1, 0.15) is 60.0 Å². The van der Waals surface area contributed by atoms with E-state index in [1.165, 1.54) is 20.4 Å². The molecule has 8 rings (SSSR count). The molecule has 3 fully saturated rings. The quantitative estimate of drug-likeness (QED) is 0.0487. The van der Waals surface area contributed by atoms with Gasteiger partial charge in [0.05, 0.1) is 46.3 Å². The molecule has 0 aliphatic carbocycles. The first-order valence-electron chi connectivity index (χ1n) is 23.0. The number of imide groups is 1. The van der Waals surface area contributed by atoms with Gasteiger partial charge in [-0.25, -0.2) is 17.8 Å². The van der Waals surface area contributed by atoms with Crippen LogP contribution in [0.4, 0.5) is 44.6 Å². The first-order chi connectivity index (χ1) is 33.6. The number of sulfonamides is 1. The third-order valence-electron chi connectivity index (χ3n) is 13.1. The van der Waals surface area contributed by atoms with Gasteiger partial charge in [-0.05, 0) is 84.1 Å². The lowest BCUT2D eigenvalue weighted by Gasteiger charge is -2.43. The first kappa shape index (κ1) is 49.8. The Morgan fingerprint density at radius 1 is 1.00 bits per heavy atom. The number of anilines is 7. The van der Waals surface area contributed by atoms with E-state index in [1.54, 1.807) is 47.4 Å². The molecule has 0 radical (unpaired) electrons. The van der Waals surface area contributed by atoms with E-state index >= 15 is 0 Å². The molecule has 1 unspecified atom stereocenters. The van der Waals surface area contributed by atoms with Gasteiger partial charge in [0.25, 0.3) is 11.8 Å². The van der Waals surface area contributed by atoms with Gasteiger partial charge in [0, 0.05) is 95.1 Å². The van der Waals surface area contributed by atoms with E-state index < -0.39 is 33.7 Å². The van der Waals surface area contributed by atoms with Crippen LogP contribution in [0.25, 0.3) is 0 Å². The van der Waals surface area contributed by atoms with Crippen LogP contribution in [0.3, 0.4) is 0 Å². The number of ether oxygens (including phenoxy) is 1. The van der Waals surface area contributed by atoms with Crippen molar-refractivity contribution in [3.8, 4) is 17.6 Å². The number of halogens is 2. The van der Waals surface area contributed by atoms with Crippen LogP contribution in [0.2, 0.25) is 0 Å². The number of methoxy groups -OCH3 is 1. The van der Waals surface area contributed by atoms with E-state index in [9.17, 15) is 32.0 Å². The Balaban J connectivity index is 0.854. The summed E-state index contributed by atoms with van der Waals surface area (Å²) in [5.41, 5.74) is 4.47. The number of aromatic nitrogens is 2. The molecule has 3 aromatic carbocycles. The van der Waals surface area contributed by atoms with Gasteiger partial charge in [-0.15, -0.1) is 0 Å². The number of benzene rings is 3. The van der Waals surface area contributed by atoms with Crippen molar-refractivity contribution < 1.29 is 36.7 Å². The number of rotatable bonds is 15. The molecule has 5 heterocycles. The lowest BCUT2D eigenvalue weighted by Crippen LogP contribution is -2.53. The molecule has 4 N–H and O–H groups in total. The zero-order valence-electron chi connectivity index (χ0n) is 39.2. The zero-order chi connectivity index (χ0) is 49.7. The SMILES string of the molecule is C=C(F)C(=O)Nc1cc(Nc2ncc(Br)c(Nc3ccccc3N(C)S(C)(=O)=O)n2)c(OC)cc1N1CCC(N2CCN(CCCC#Cc3cccc4c3CN(C3CCC(=O)NC3=O)C4=O)CC2)CC1. The molecule has 4 aliphatic heterocycles. The molecule has 0 bridgehead atoms. The summed E-state index contributed by atoms with van der Waals surface area (Å²) in [4.78, 5) is 67.9. The smallest absolute Gasteiger partial charge is 0.283 e. The van der Waals surface area contributed by atoms with Crippen LogP contribution >= 0.6 is 15.9 Å². The van der Waals surface area contributed by atoms with Gasteiger partial charge in [-0.2, -0.15) is 4.98 Å². The summed E-state index contributed by atoms with van der Waals surface area (Å²) >= 11 is 3.48. The Hall–Kier alpha value is -6.60. The summed E-state index contributed by atoms with van der Waals surface area (Å²) in [6, 6.07) is 15.6. The van der Waals surface area contributed by atoms with Crippen LogP contribution in [0.15, 0.2) is 77.7 Å². The molecule has 1 aromatic heterocycles. The normalized spacial score (nSPS) is 17.8. The highest BCUT2D eigenvalue weighted by Crippen LogP contribution is 2.41. The Morgan fingerprint density at radius 2 is 1.76 bits per heavy atom. The van der Waals surface area contributed by atoms with Crippen molar-refractivity contribution in [3.63, 3.8) is 0 Å². The highest BCUT2D eigenvalue weighted by molar-refractivity contribution is 9.10. The largest absolute Gasteiger partial charge is 0.494 e. The summed E-state index contributed by atoms with van der Waals surface area (Å²) < 4.78 is 46.4. The van der Waals surface area contributed by atoms with Crippen molar-refractivity contribution in [1.82, 2.24) is 30.0 Å². The monoisotopic (exact) mass is 1040 g/mol. The number of para-hydroxylation sites is 2. The van der Waals surface area contributed by atoms with Gasteiger partial charge in [-0.3, -0.25) is 33.7 Å². The second-order valence-electron chi connectivity index (χ2n) is 17.5. The Bertz CT molecular complexity index is 2880. The third kappa shape index (κ3) is 11.4. The number of hydrogen-bond donors (Lipinski definition) is 4. The van der Waals surface area contributed by atoms with Crippen molar-refractivity contribution in [3.05, 3.63) is 94.4 Å². The van der Waals surface area contributed by atoms with Gasteiger partial charge in [-0.1, -0.05) is 36.6 Å². The lowest BCUT2D eigenvalue weighted by atomic mass is 10.0. The van der Waals surface area contributed by atoms with Crippen molar-refractivity contribution >= 4 is 89.8 Å². The standard InChI is InChI=1S/C49H55BrFN11O7S/c1-31(51)46(64)54-38-27-39(55-49-52-29-36(50)45(57-49)53-37-14-7-8-15-40(37)58(2)70(4,67)68)43(69-3)28-42(38)61-21-18-33(19-22-61)60-25-23-59(24-26-60)20-9-5-6-11-32-12-10-13-34-35(32)30-62(48(34)66)41-16-17-44(63)56-47(41)65/h7-8,10,12-15,27-29,33,41H,1,5,9,16-26,30H2,2-4H3,(H,54,64)(H,56,63,65)(H2,52,53,55,57).